The van der Waals surface area contributed by atoms with E-state index in [4.69, 9.17) is 18.6 Å². The van der Waals surface area contributed by atoms with Gasteiger partial charge in [0.05, 0.1) is 24.4 Å². The summed E-state index contributed by atoms with van der Waals surface area (Å²) in [4.78, 5) is 0. The lowest BCUT2D eigenvalue weighted by Crippen LogP contribution is -2.61. The van der Waals surface area contributed by atoms with E-state index in [0.29, 0.717) is 23.7 Å². The normalized spacial score (nSPS) is 43.8. The predicted molar refractivity (Wildman–Crippen MR) is 152 cm³/mol. The number of ether oxygens (including phenoxy) is 2. The van der Waals surface area contributed by atoms with Gasteiger partial charge in [0.15, 0.2) is 0 Å². The zero-order chi connectivity index (χ0) is 33.4. The van der Waals surface area contributed by atoms with Gasteiger partial charge in [-0.15, -0.1) is 0 Å². The van der Waals surface area contributed by atoms with Crippen molar-refractivity contribution < 1.29 is 63.2 Å². The molecule has 8 aliphatic carbocycles. The lowest BCUT2D eigenvalue weighted by atomic mass is 9.46. The Hall–Kier alpha value is -0.620. The van der Waals surface area contributed by atoms with Crippen molar-refractivity contribution in [1.82, 2.24) is 0 Å². The summed E-state index contributed by atoms with van der Waals surface area (Å²) in [5.74, 6) is 2.62. The molecule has 16 heteroatoms. The molecule has 0 aliphatic heterocycles. The Labute approximate surface area is 262 Å². The van der Waals surface area contributed by atoms with Crippen LogP contribution in [0.3, 0.4) is 0 Å². The number of hydrogen-bond acceptors (Lipinski definition) is 8. The molecular weight excluding hydrogens is 648 g/mol. The van der Waals surface area contributed by atoms with Crippen LogP contribution in [0.2, 0.25) is 0 Å². The zero-order valence-corrected chi connectivity index (χ0v) is 27.2. The summed E-state index contributed by atoms with van der Waals surface area (Å²) in [6, 6.07) is 0. The van der Waals surface area contributed by atoms with Gasteiger partial charge in [0.1, 0.15) is 13.2 Å². The molecule has 0 heterocycles. The molecule has 0 spiro atoms. The molecule has 45 heavy (non-hydrogen) atoms. The minimum Gasteiger partial charge on any atom is -0.390 e. The Balaban J connectivity index is 0.000000178. The van der Waals surface area contributed by atoms with Crippen molar-refractivity contribution in [1.29, 1.82) is 0 Å². The molecule has 6 unspecified atom stereocenters. The van der Waals surface area contributed by atoms with E-state index >= 15 is 0 Å². The first-order valence-corrected chi connectivity index (χ1v) is 18.8. The maximum Gasteiger partial charge on any atom is 0.392 e. The van der Waals surface area contributed by atoms with E-state index in [0.717, 1.165) is 57.8 Å². The quantitative estimate of drug-likeness (QED) is 0.182. The van der Waals surface area contributed by atoms with Crippen LogP contribution in [0.1, 0.15) is 71.6 Å². The van der Waals surface area contributed by atoms with E-state index in [2.05, 4.69) is 0 Å². The lowest BCUT2D eigenvalue weighted by molar-refractivity contribution is -0.203. The van der Waals surface area contributed by atoms with E-state index in [1.54, 1.807) is 0 Å². The maximum absolute atomic E-state index is 13.2. The summed E-state index contributed by atoms with van der Waals surface area (Å²) in [5.41, 5.74) is -1.37. The number of rotatable bonds is 11. The SMILES string of the molecule is CC1(O)C2CC3CC(C2)C(COCC(F)(F)S(=O)(=O)O)C1C3.CCC1(O)C2CC3CC1CC(C2)C3COCC(F)(F)S(=O)(=O)O. The highest BCUT2D eigenvalue weighted by Gasteiger charge is 2.60. The van der Waals surface area contributed by atoms with Gasteiger partial charge in [-0.25, -0.2) is 0 Å². The molecule has 10 nitrogen and oxygen atoms in total. The number of aliphatic hydroxyl groups is 2. The summed E-state index contributed by atoms with van der Waals surface area (Å²) in [6.45, 7) is 1.25. The van der Waals surface area contributed by atoms with Crippen LogP contribution in [0.4, 0.5) is 17.6 Å². The fourth-order valence-electron chi connectivity index (χ4n) is 10.3. The van der Waals surface area contributed by atoms with Gasteiger partial charge in [-0.05, 0) is 124 Å². The summed E-state index contributed by atoms with van der Waals surface area (Å²) in [7, 11) is -10.9. The molecule has 0 saturated heterocycles. The Morgan fingerprint density at radius 2 is 1.11 bits per heavy atom. The van der Waals surface area contributed by atoms with Gasteiger partial charge in [0.25, 0.3) is 0 Å². The topological polar surface area (TPSA) is 168 Å². The molecule has 8 rings (SSSR count). The monoisotopic (exact) mass is 694 g/mol. The van der Waals surface area contributed by atoms with Crippen LogP contribution in [0, 0.1) is 59.2 Å². The molecule has 0 aromatic rings. The standard InChI is InChI=1S/C15H24F2O5S.C14H22F2O5S/c1-2-14(18)11-3-9-4-12(14)6-10(5-11)13(9)7-22-8-15(16,17)23(19,20)21;1-13(17)10-3-8-2-9(5-10)11(12(13)4-8)6-21-7-14(15,16)22(18,19)20/h9-13,18H,2-8H2,1H3,(H,19,20,21);8-12,17H,2-7H2,1H3,(H,18,19,20). The Morgan fingerprint density at radius 1 is 0.689 bits per heavy atom. The summed E-state index contributed by atoms with van der Waals surface area (Å²) < 4.78 is 122. The van der Waals surface area contributed by atoms with Crippen molar-refractivity contribution in [3.8, 4) is 0 Å². The van der Waals surface area contributed by atoms with Crippen LogP contribution < -0.4 is 0 Å². The van der Waals surface area contributed by atoms with E-state index in [1.807, 2.05) is 13.8 Å². The zero-order valence-electron chi connectivity index (χ0n) is 25.5. The predicted octanol–water partition coefficient (Wildman–Crippen LogP) is 4.22. The van der Waals surface area contributed by atoms with Crippen molar-refractivity contribution in [3.63, 3.8) is 0 Å². The average Bonchev–Trinajstić information content (AvgIpc) is 2.90. The summed E-state index contributed by atoms with van der Waals surface area (Å²) >= 11 is 0. The molecule has 262 valence electrons. The van der Waals surface area contributed by atoms with Crippen LogP contribution in [-0.2, 0) is 29.7 Å². The summed E-state index contributed by atoms with van der Waals surface area (Å²) in [6.07, 6.45) is 8.13. The van der Waals surface area contributed by atoms with Gasteiger partial charge >= 0.3 is 30.7 Å². The van der Waals surface area contributed by atoms with Crippen molar-refractivity contribution in [2.45, 2.75) is 93.3 Å². The van der Waals surface area contributed by atoms with Crippen LogP contribution >= 0.6 is 0 Å². The van der Waals surface area contributed by atoms with Crippen LogP contribution in [0.25, 0.3) is 0 Å². The fraction of sp³-hybridized carbons (Fsp3) is 1.00. The first-order valence-electron chi connectivity index (χ1n) is 15.9. The van der Waals surface area contributed by atoms with Crippen LogP contribution in [0.15, 0.2) is 0 Å². The maximum atomic E-state index is 13.2. The highest BCUT2D eigenvalue weighted by atomic mass is 32.2. The molecular formula is C29H46F4O10S2. The third kappa shape index (κ3) is 6.56. The van der Waals surface area contributed by atoms with Crippen molar-refractivity contribution in [3.05, 3.63) is 0 Å². The number of alkyl halides is 4. The summed E-state index contributed by atoms with van der Waals surface area (Å²) in [5, 5.41) is 13.0. The van der Waals surface area contributed by atoms with E-state index < -0.39 is 55.2 Å². The van der Waals surface area contributed by atoms with E-state index in [1.165, 1.54) is 0 Å². The van der Waals surface area contributed by atoms with Gasteiger partial charge < -0.3 is 19.7 Å². The third-order valence-corrected chi connectivity index (χ3v) is 14.3. The van der Waals surface area contributed by atoms with Crippen molar-refractivity contribution in [2.75, 3.05) is 26.4 Å². The second-order valence-corrected chi connectivity index (χ2v) is 18.0. The fourth-order valence-corrected chi connectivity index (χ4v) is 10.8. The second kappa shape index (κ2) is 12.1. The number of halogens is 4. The van der Waals surface area contributed by atoms with Crippen LogP contribution in [0.5, 0.6) is 0 Å². The number of hydrogen-bond donors (Lipinski definition) is 4. The minimum absolute atomic E-state index is 0.00394. The Morgan fingerprint density at radius 3 is 1.56 bits per heavy atom. The van der Waals surface area contributed by atoms with Crippen molar-refractivity contribution >= 4 is 20.2 Å². The molecule has 8 saturated carbocycles. The molecule has 8 bridgehead atoms. The molecule has 8 aliphatic rings. The molecule has 0 radical (unpaired) electrons. The van der Waals surface area contributed by atoms with Gasteiger partial charge in [-0.3, -0.25) is 9.11 Å². The first-order chi connectivity index (χ1) is 20.6. The van der Waals surface area contributed by atoms with Crippen LogP contribution in [-0.4, -0.2) is 84.3 Å². The van der Waals surface area contributed by atoms with Gasteiger partial charge in [-0.1, -0.05) is 6.92 Å². The Kier molecular flexibility index (Phi) is 9.56. The van der Waals surface area contributed by atoms with E-state index in [9.17, 15) is 44.6 Å². The molecule has 0 amide bonds. The second-order valence-electron chi connectivity index (χ2n) is 14.9. The van der Waals surface area contributed by atoms with Gasteiger partial charge in [-0.2, -0.15) is 34.4 Å². The Bertz CT molecular complexity index is 1280. The largest absolute Gasteiger partial charge is 0.392 e. The average molecular weight is 695 g/mol. The molecule has 8 fully saturated rings. The minimum atomic E-state index is -5.46. The lowest BCUT2D eigenvalue weighted by Gasteiger charge is -2.61. The smallest absolute Gasteiger partial charge is 0.390 e. The highest BCUT2D eigenvalue weighted by molar-refractivity contribution is 7.87. The van der Waals surface area contributed by atoms with E-state index in [-0.39, 0.29) is 48.7 Å². The van der Waals surface area contributed by atoms with Crippen molar-refractivity contribution in [2.24, 2.45) is 59.2 Å². The molecule has 0 aromatic carbocycles. The van der Waals surface area contributed by atoms with Gasteiger partial charge in [0.2, 0.25) is 0 Å². The van der Waals surface area contributed by atoms with Gasteiger partial charge in [0, 0.05) is 0 Å². The molecule has 0 aromatic heterocycles. The molecule has 4 N–H and O–H groups in total. The first kappa shape index (κ1) is 35.7. The third-order valence-electron chi connectivity index (χ3n) is 12.6. The highest BCUT2D eigenvalue weighted by Crippen LogP contribution is 2.62. The molecule has 6 atom stereocenters.